The molecule has 2 aliphatic rings. The van der Waals surface area contributed by atoms with Gasteiger partial charge in [-0.05, 0) is 24.2 Å². The highest BCUT2D eigenvalue weighted by atomic mass is 16.7. The summed E-state index contributed by atoms with van der Waals surface area (Å²) in [6.07, 6.45) is -4.85. The van der Waals surface area contributed by atoms with E-state index in [2.05, 4.69) is 0 Å². The molecule has 9 atom stereocenters. The summed E-state index contributed by atoms with van der Waals surface area (Å²) in [6, 6.07) is 0. The Balaban J connectivity index is 1.97. The smallest absolute Gasteiger partial charge is 0.186 e. The highest BCUT2D eigenvalue weighted by Gasteiger charge is 2.50. The van der Waals surface area contributed by atoms with Gasteiger partial charge in [0.2, 0.25) is 0 Å². The van der Waals surface area contributed by atoms with Crippen molar-refractivity contribution in [3.8, 4) is 0 Å². The predicted octanol–water partition coefficient (Wildman–Crippen LogP) is -1.73. The minimum Gasteiger partial charge on any atom is -0.394 e. The Bertz CT molecular complexity index is 537. The summed E-state index contributed by atoms with van der Waals surface area (Å²) in [5.74, 6) is -0.221. The SMILES string of the molecule is C[C@@H]1C[C@H](O)CC(C)(C)[C@]1(O)/C=C/[C@H](O)CO[C@H]1O[C@@H](CO)[C@H](O)[C@@H](O)[C@@H]1O. The molecule has 1 saturated carbocycles. The zero-order valence-corrected chi connectivity index (χ0v) is 16.5. The first-order valence-corrected chi connectivity index (χ1v) is 9.63. The summed E-state index contributed by atoms with van der Waals surface area (Å²) in [6.45, 7) is 4.68. The lowest BCUT2D eigenvalue weighted by Crippen LogP contribution is -2.59. The molecule has 28 heavy (non-hydrogen) atoms. The van der Waals surface area contributed by atoms with Gasteiger partial charge in [0, 0.05) is 0 Å². The van der Waals surface area contributed by atoms with Gasteiger partial charge in [0.25, 0.3) is 0 Å². The van der Waals surface area contributed by atoms with E-state index in [1.54, 1.807) is 0 Å². The zero-order valence-electron chi connectivity index (χ0n) is 16.5. The normalized spacial score (nSPS) is 45.3. The van der Waals surface area contributed by atoms with E-state index in [0.29, 0.717) is 12.8 Å². The van der Waals surface area contributed by atoms with Crippen molar-refractivity contribution in [1.82, 2.24) is 0 Å². The first-order chi connectivity index (χ1) is 12.9. The van der Waals surface area contributed by atoms with Crippen molar-refractivity contribution in [1.29, 1.82) is 0 Å². The standard InChI is InChI=1S/C19H34O9/c1-10-6-12(22)7-18(2,3)19(10,26)5-4-11(21)9-27-17-16(25)15(24)14(23)13(8-20)28-17/h4-5,10-17,20-26H,6-9H2,1-3H3/b5-4+/t10-,11+,12+,13+,14+,15-,16+,17+,19+/m1/s1. The molecule has 1 aliphatic heterocycles. The van der Waals surface area contributed by atoms with Gasteiger partial charge in [0.15, 0.2) is 6.29 Å². The Labute approximate surface area is 164 Å². The van der Waals surface area contributed by atoms with Gasteiger partial charge in [-0.2, -0.15) is 0 Å². The van der Waals surface area contributed by atoms with Crippen molar-refractivity contribution < 1.29 is 45.2 Å². The molecular formula is C19H34O9. The monoisotopic (exact) mass is 406 g/mol. The van der Waals surface area contributed by atoms with Crippen molar-refractivity contribution in [2.24, 2.45) is 11.3 Å². The molecule has 0 amide bonds. The molecule has 2 fully saturated rings. The third-order valence-corrected chi connectivity index (χ3v) is 6.06. The Morgan fingerprint density at radius 1 is 1.14 bits per heavy atom. The van der Waals surface area contributed by atoms with Gasteiger partial charge in [0.1, 0.15) is 24.4 Å². The van der Waals surface area contributed by atoms with E-state index >= 15 is 0 Å². The molecule has 9 heteroatoms. The number of aliphatic hydroxyl groups is 7. The summed E-state index contributed by atoms with van der Waals surface area (Å²) >= 11 is 0. The first-order valence-electron chi connectivity index (χ1n) is 9.63. The maximum atomic E-state index is 11.1. The molecule has 0 aromatic heterocycles. The van der Waals surface area contributed by atoms with E-state index in [1.165, 1.54) is 12.2 Å². The van der Waals surface area contributed by atoms with Crippen LogP contribution >= 0.6 is 0 Å². The van der Waals surface area contributed by atoms with E-state index < -0.39 is 60.5 Å². The lowest BCUT2D eigenvalue weighted by molar-refractivity contribution is -0.303. The van der Waals surface area contributed by atoms with Gasteiger partial charge >= 0.3 is 0 Å². The van der Waals surface area contributed by atoms with E-state index in [1.807, 2.05) is 20.8 Å². The average Bonchev–Trinajstić information content (AvgIpc) is 2.61. The lowest BCUT2D eigenvalue weighted by atomic mass is 9.60. The quantitative estimate of drug-likeness (QED) is 0.254. The molecule has 7 N–H and O–H groups in total. The molecule has 0 bridgehead atoms. The van der Waals surface area contributed by atoms with Crippen LogP contribution in [0.1, 0.15) is 33.6 Å². The van der Waals surface area contributed by atoms with Crippen molar-refractivity contribution in [3.05, 3.63) is 12.2 Å². The second-order valence-electron chi connectivity index (χ2n) is 8.66. The summed E-state index contributed by atoms with van der Waals surface area (Å²) in [5, 5.41) is 69.9. The third-order valence-electron chi connectivity index (χ3n) is 6.06. The molecule has 9 nitrogen and oxygen atoms in total. The van der Waals surface area contributed by atoms with Crippen LogP contribution in [0.3, 0.4) is 0 Å². The lowest BCUT2D eigenvalue weighted by Gasteiger charge is -2.50. The average molecular weight is 406 g/mol. The molecule has 164 valence electrons. The number of hydrogen-bond acceptors (Lipinski definition) is 9. The second-order valence-corrected chi connectivity index (χ2v) is 8.66. The van der Waals surface area contributed by atoms with Crippen LogP contribution in [0.5, 0.6) is 0 Å². The molecule has 1 aliphatic carbocycles. The fraction of sp³-hybridized carbons (Fsp3) is 0.895. The molecule has 0 aromatic rings. The summed E-state index contributed by atoms with van der Waals surface area (Å²) in [4.78, 5) is 0. The van der Waals surface area contributed by atoms with E-state index in [9.17, 15) is 35.7 Å². The Morgan fingerprint density at radius 2 is 1.79 bits per heavy atom. The maximum Gasteiger partial charge on any atom is 0.186 e. The topological polar surface area (TPSA) is 160 Å². The van der Waals surface area contributed by atoms with Crippen LogP contribution in [0.15, 0.2) is 12.2 Å². The molecule has 0 radical (unpaired) electrons. The van der Waals surface area contributed by atoms with Gasteiger partial charge in [-0.15, -0.1) is 0 Å². The minimum absolute atomic E-state index is 0.221. The van der Waals surface area contributed by atoms with Gasteiger partial charge in [-0.25, -0.2) is 0 Å². The first kappa shape index (κ1) is 23.7. The van der Waals surface area contributed by atoms with E-state index in [-0.39, 0.29) is 12.5 Å². The van der Waals surface area contributed by atoms with Crippen LogP contribution in [0.4, 0.5) is 0 Å². The third kappa shape index (κ3) is 4.75. The van der Waals surface area contributed by atoms with Gasteiger partial charge in [-0.3, -0.25) is 0 Å². The molecule has 0 unspecified atom stereocenters. The van der Waals surface area contributed by atoms with E-state index in [0.717, 1.165) is 0 Å². The van der Waals surface area contributed by atoms with E-state index in [4.69, 9.17) is 9.47 Å². The number of aliphatic hydroxyl groups excluding tert-OH is 6. The molecular weight excluding hydrogens is 372 g/mol. The van der Waals surface area contributed by atoms with Crippen LogP contribution < -0.4 is 0 Å². The second kappa shape index (κ2) is 9.03. The highest BCUT2D eigenvalue weighted by Crippen LogP contribution is 2.48. The van der Waals surface area contributed by atoms with Crippen LogP contribution in [0.25, 0.3) is 0 Å². The summed E-state index contributed by atoms with van der Waals surface area (Å²) in [5.41, 5.74) is -1.82. The molecule has 1 saturated heterocycles. The van der Waals surface area contributed by atoms with Gasteiger partial charge in [-0.1, -0.05) is 32.9 Å². The van der Waals surface area contributed by atoms with Crippen molar-refractivity contribution >= 4 is 0 Å². The van der Waals surface area contributed by atoms with Crippen molar-refractivity contribution in [2.45, 2.75) is 82.1 Å². The van der Waals surface area contributed by atoms with Crippen LogP contribution in [-0.2, 0) is 9.47 Å². The number of rotatable bonds is 6. The Kier molecular flexibility index (Phi) is 7.63. The largest absolute Gasteiger partial charge is 0.394 e. The summed E-state index contributed by atoms with van der Waals surface area (Å²) in [7, 11) is 0. The van der Waals surface area contributed by atoms with Gasteiger partial charge < -0.3 is 45.2 Å². The Morgan fingerprint density at radius 3 is 2.36 bits per heavy atom. The number of ether oxygens (including phenoxy) is 2. The molecule has 0 spiro atoms. The Hall–Kier alpha value is -0.620. The fourth-order valence-electron chi connectivity index (χ4n) is 4.19. The summed E-state index contributed by atoms with van der Waals surface area (Å²) < 4.78 is 10.5. The van der Waals surface area contributed by atoms with Crippen molar-refractivity contribution in [3.63, 3.8) is 0 Å². The molecule has 0 aromatic carbocycles. The maximum absolute atomic E-state index is 11.1. The number of hydrogen-bond donors (Lipinski definition) is 7. The zero-order chi connectivity index (χ0) is 21.3. The van der Waals surface area contributed by atoms with Crippen LogP contribution in [-0.4, -0.2) is 97.5 Å². The van der Waals surface area contributed by atoms with Gasteiger partial charge in [0.05, 0.1) is 31.0 Å². The van der Waals surface area contributed by atoms with Crippen molar-refractivity contribution in [2.75, 3.05) is 13.2 Å². The fourth-order valence-corrected chi connectivity index (χ4v) is 4.19. The minimum atomic E-state index is -1.56. The van der Waals surface area contributed by atoms with Crippen LogP contribution in [0.2, 0.25) is 0 Å². The molecule has 1 heterocycles. The highest BCUT2D eigenvalue weighted by molar-refractivity contribution is 5.15. The predicted molar refractivity (Wildman–Crippen MR) is 98.0 cm³/mol. The van der Waals surface area contributed by atoms with Crippen LogP contribution in [0, 0.1) is 11.3 Å². The molecule has 2 rings (SSSR count).